The van der Waals surface area contributed by atoms with Gasteiger partial charge in [-0.3, -0.25) is 9.59 Å². The van der Waals surface area contributed by atoms with Crippen molar-refractivity contribution in [2.24, 2.45) is 0 Å². The summed E-state index contributed by atoms with van der Waals surface area (Å²) in [6.07, 6.45) is 5.52. The molecule has 0 unspecified atom stereocenters. The van der Waals surface area contributed by atoms with Crippen LogP contribution < -0.4 is 10.6 Å². The van der Waals surface area contributed by atoms with E-state index < -0.39 is 0 Å². The van der Waals surface area contributed by atoms with Crippen LogP contribution in [0.1, 0.15) is 41.7 Å². The normalized spacial score (nSPS) is 10.6. The lowest BCUT2D eigenvalue weighted by atomic mass is 10.1. The van der Waals surface area contributed by atoms with Crippen molar-refractivity contribution in [3.05, 3.63) is 65.4 Å². The van der Waals surface area contributed by atoms with Crippen LogP contribution in [0.3, 0.4) is 0 Å². The second kappa shape index (κ2) is 11.2. The highest BCUT2D eigenvalue weighted by Gasteiger charge is 2.09. The van der Waals surface area contributed by atoms with E-state index >= 15 is 0 Å². The molecule has 0 bridgehead atoms. The van der Waals surface area contributed by atoms with E-state index in [1.165, 1.54) is 0 Å². The van der Waals surface area contributed by atoms with Crippen molar-refractivity contribution < 1.29 is 9.59 Å². The lowest BCUT2D eigenvalue weighted by Crippen LogP contribution is -2.26. The molecule has 7 heteroatoms. The van der Waals surface area contributed by atoms with E-state index in [0.717, 1.165) is 41.9 Å². The number of thiophene rings is 1. The predicted molar refractivity (Wildman–Crippen MR) is 116 cm³/mol. The van der Waals surface area contributed by atoms with Gasteiger partial charge in [0.1, 0.15) is 5.69 Å². The smallest absolute Gasteiger partial charge is 0.251 e. The fourth-order valence-corrected chi connectivity index (χ4v) is 3.78. The molecule has 3 N–H and O–H groups in total. The standard InChI is InChI=1S/C22H26N4O2S/c27-20(11-5-2-6-13-24-22(28)17-8-3-1-4-9-17)23-14-12-18-21(26-16-25-18)19-10-7-15-29-19/h1,3-4,7-10,15-16H,2,5-6,11-14H2,(H,23,27)(H,24,28)(H,25,26). The summed E-state index contributed by atoms with van der Waals surface area (Å²) in [4.78, 5) is 32.6. The summed E-state index contributed by atoms with van der Waals surface area (Å²) in [5.41, 5.74) is 2.68. The fraction of sp³-hybridized carbons (Fsp3) is 0.318. The zero-order valence-corrected chi connectivity index (χ0v) is 17.1. The molecule has 2 aromatic heterocycles. The average molecular weight is 411 g/mol. The van der Waals surface area contributed by atoms with E-state index in [0.29, 0.717) is 25.1 Å². The molecule has 3 aromatic rings. The zero-order valence-electron chi connectivity index (χ0n) is 16.3. The number of carbonyl (C=O) groups excluding carboxylic acids is 2. The summed E-state index contributed by atoms with van der Waals surface area (Å²) in [5, 5.41) is 7.91. The van der Waals surface area contributed by atoms with Crippen LogP contribution in [0.4, 0.5) is 0 Å². The van der Waals surface area contributed by atoms with Crippen LogP contribution in [0.5, 0.6) is 0 Å². The Hall–Kier alpha value is -2.93. The first kappa shape index (κ1) is 20.8. The molecule has 29 heavy (non-hydrogen) atoms. The number of aromatic amines is 1. The molecule has 6 nitrogen and oxygen atoms in total. The second-order valence-corrected chi connectivity index (χ2v) is 7.69. The third kappa shape index (κ3) is 6.57. The minimum absolute atomic E-state index is 0.0518. The average Bonchev–Trinajstić information content (AvgIpc) is 3.42. The first-order valence-electron chi connectivity index (χ1n) is 9.90. The molecule has 0 aliphatic rings. The van der Waals surface area contributed by atoms with Gasteiger partial charge in [-0.1, -0.05) is 30.7 Å². The maximum absolute atomic E-state index is 12.0. The molecule has 0 spiro atoms. The third-order valence-electron chi connectivity index (χ3n) is 4.57. The number of aromatic nitrogens is 2. The topological polar surface area (TPSA) is 86.9 Å². The Labute approximate surface area is 174 Å². The highest BCUT2D eigenvalue weighted by atomic mass is 32.1. The maximum Gasteiger partial charge on any atom is 0.251 e. The number of nitrogens with zero attached hydrogens (tertiary/aromatic N) is 1. The largest absolute Gasteiger partial charge is 0.356 e. The molecule has 0 atom stereocenters. The van der Waals surface area contributed by atoms with E-state index in [9.17, 15) is 9.59 Å². The molecule has 0 saturated heterocycles. The van der Waals surface area contributed by atoms with Crippen LogP contribution in [-0.4, -0.2) is 34.9 Å². The number of unbranched alkanes of at least 4 members (excludes halogenated alkanes) is 2. The molecule has 0 aliphatic carbocycles. The van der Waals surface area contributed by atoms with Gasteiger partial charge < -0.3 is 15.6 Å². The monoisotopic (exact) mass is 410 g/mol. The van der Waals surface area contributed by atoms with Crippen molar-refractivity contribution in [3.63, 3.8) is 0 Å². The first-order valence-corrected chi connectivity index (χ1v) is 10.8. The summed E-state index contributed by atoms with van der Waals surface area (Å²) in [7, 11) is 0. The van der Waals surface area contributed by atoms with Gasteiger partial charge in [0.05, 0.1) is 11.2 Å². The molecule has 152 valence electrons. The summed E-state index contributed by atoms with van der Waals surface area (Å²) in [6.45, 7) is 1.22. The summed E-state index contributed by atoms with van der Waals surface area (Å²) in [5.74, 6) is 0.0135. The summed E-state index contributed by atoms with van der Waals surface area (Å²) in [6, 6.07) is 13.2. The Morgan fingerprint density at radius 3 is 2.62 bits per heavy atom. The van der Waals surface area contributed by atoms with Crippen LogP contribution in [0.15, 0.2) is 54.2 Å². The fourth-order valence-electron chi connectivity index (χ4n) is 3.03. The van der Waals surface area contributed by atoms with Crippen molar-refractivity contribution >= 4 is 23.2 Å². The number of H-pyrrole nitrogens is 1. The van der Waals surface area contributed by atoms with Gasteiger partial charge in [-0.05, 0) is 36.4 Å². The number of imidazole rings is 1. The number of benzene rings is 1. The van der Waals surface area contributed by atoms with Gasteiger partial charge >= 0.3 is 0 Å². The van der Waals surface area contributed by atoms with Crippen molar-refractivity contribution in [2.75, 3.05) is 13.1 Å². The van der Waals surface area contributed by atoms with Crippen molar-refractivity contribution in [2.45, 2.75) is 32.1 Å². The number of hydrogen-bond donors (Lipinski definition) is 3. The van der Waals surface area contributed by atoms with Crippen LogP contribution in [0, 0.1) is 0 Å². The molecule has 2 amide bonds. The Balaban J connectivity index is 1.25. The lowest BCUT2D eigenvalue weighted by Gasteiger charge is -2.07. The Bertz CT molecular complexity index is 891. The molecule has 0 saturated carbocycles. The third-order valence-corrected chi connectivity index (χ3v) is 5.45. The van der Waals surface area contributed by atoms with Crippen LogP contribution in [0.2, 0.25) is 0 Å². The lowest BCUT2D eigenvalue weighted by molar-refractivity contribution is -0.121. The van der Waals surface area contributed by atoms with Crippen molar-refractivity contribution in [1.29, 1.82) is 0 Å². The van der Waals surface area contributed by atoms with Gasteiger partial charge in [0.15, 0.2) is 0 Å². The first-order chi connectivity index (χ1) is 14.2. The van der Waals surface area contributed by atoms with Gasteiger partial charge in [-0.2, -0.15) is 0 Å². The summed E-state index contributed by atoms with van der Waals surface area (Å²) < 4.78 is 0. The van der Waals surface area contributed by atoms with Crippen molar-refractivity contribution in [3.8, 4) is 10.6 Å². The number of carbonyl (C=O) groups is 2. The zero-order chi connectivity index (χ0) is 20.3. The van der Waals surface area contributed by atoms with Gasteiger partial charge in [-0.15, -0.1) is 11.3 Å². The maximum atomic E-state index is 12.0. The van der Waals surface area contributed by atoms with E-state index in [-0.39, 0.29) is 11.8 Å². The Morgan fingerprint density at radius 2 is 1.83 bits per heavy atom. The van der Waals surface area contributed by atoms with Gasteiger partial charge in [0.2, 0.25) is 5.91 Å². The van der Waals surface area contributed by atoms with Crippen molar-refractivity contribution in [1.82, 2.24) is 20.6 Å². The van der Waals surface area contributed by atoms with Gasteiger partial charge in [0.25, 0.3) is 5.91 Å². The molecular weight excluding hydrogens is 384 g/mol. The number of amides is 2. The molecule has 3 rings (SSSR count). The quantitative estimate of drug-likeness (QED) is 0.420. The van der Waals surface area contributed by atoms with E-state index in [4.69, 9.17) is 0 Å². The highest BCUT2D eigenvalue weighted by molar-refractivity contribution is 7.13. The number of nitrogens with one attached hydrogen (secondary N) is 3. The highest BCUT2D eigenvalue weighted by Crippen LogP contribution is 2.25. The molecule has 0 radical (unpaired) electrons. The van der Waals surface area contributed by atoms with Crippen LogP contribution in [-0.2, 0) is 11.2 Å². The molecule has 2 heterocycles. The minimum atomic E-state index is -0.0518. The van der Waals surface area contributed by atoms with Gasteiger partial charge in [-0.25, -0.2) is 4.98 Å². The van der Waals surface area contributed by atoms with Crippen LogP contribution in [0.25, 0.3) is 10.6 Å². The SMILES string of the molecule is O=C(CCCCCNC(=O)c1ccccc1)NCCc1[nH]cnc1-c1cccs1. The molecule has 0 fully saturated rings. The van der Waals surface area contributed by atoms with E-state index in [2.05, 4.69) is 20.6 Å². The van der Waals surface area contributed by atoms with Crippen LogP contribution >= 0.6 is 11.3 Å². The molecule has 1 aromatic carbocycles. The number of rotatable bonds is 11. The Kier molecular flexibility index (Phi) is 8.01. The molecular formula is C22H26N4O2S. The Morgan fingerprint density at radius 1 is 0.966 bits per heavy atom. The van der Waals surface area contributed by atoms with E-state index in [1.54, 1.807) is 29.8 Å². The second-order valence-electron chi connectivity index (χ2n) is 6.74. The van der Waals surface area contributed by atoms with Gasteiger partial charge in [0, 0.05) is 37.2 Å². The predicted octanol–water partition coefficient (Wildman–Crippen LogP) is 3.79. The molecule has 0 aliphatic heterocycles. The minimum Gasteiger partial charge on any atom is -0.356 e. The number of hydrogen-bond acceptors (Lipinski definition) is 4. The summed E-state index contributed by atoms with van der Waals surface area (Å²) >= 11 is 1.66. The van der Waals surface area contributed by atoms with E-state index in [1.807, 2.05) is 35.7 Å².